The van der Waals surface area contributed by atoms with Crippen molar-refractivity contribution in [1.29, 1.82) is 0 Å². The smallest absolute Gasteiger partial charge is 0.306 e. The van der Waals surface area contributed by atoms with Crippen LogP contribution in [0.5, 0.6) is 5.75 Å². The molecule has 3 aromatic rings. The molecule has 0 aliphatic carbocycles. The standard InChI is InChI=1S/C21H20ClN3O3/c1-12-16(10-21(26)28-3)17-9-14(27-2)5-7-19(17)25(12)20-11-23-24-18-8-13(22)4-6-15(18)20/h4-9,11-12,16H,10H2,1-3H3. The summed E-state index contributed by atoms with van der Waals surface area (Å²) in [5.74, 6) is 0.484. The Labute approximate surface area is 168 Å². The van der Waals surface area contributed by atoms with Crippen LogP contribution in [0.1, 0.15) is 24.8 Å². The van der Waals surface area contributed by atoms with Gasteiger partial charge in [-0.25, -0.2) is 0 Å². The number of ether oxygens (including phenoxy) is 2. The topological polar surface area (TPSA) is 64.6 Å². The van der Waals surface area contributed by atoms with Gasteiger partial charge in [0.25, 0.3) is 0 Å². The Morgan fingerprint density at radius 2 is 2.00 bits per heavy atom. The third kappa shape index (κ3) is 3.03. The van der Waals surface area contributed by atoms with Crippen molar-refractivity contribution >= 4 is 39.8 Å². The van der Waals surface area contributed by atoms with E-state index in [0.717, 1.165) is 33.6 Å². The molecule has 6 nitrogen and oxygen atoms in total. The zero-order chi connectivity index (χ0) is 19.8. The number of hydrogen-bond donors (Lipinski definition) is 0. The van der Waals surface area contributed by atoms with E-state index < -0.39 is 0 Å². The number of esters is 1. The summed E-state index contributed by atoms with van der Waals surface area (Å²) in [6, 6.07) is 11.5. The fourth-order valence-corrected chi connectivity index (χ4v) is 4.11. The molecule has 0 radical (unpaired) electrons. The number of carbonyl (C=O) groups excluding carboxylic acids is 1. The maximum absolute atomic E-state index is 12.1. The third-order valence-corrected chi connectivity index (χ3v) is 5.57. The number of benzene rings is 2. The number of hydrogen-bond acceptors (Lipinski definition) is 6. The lowest BCUT2D eigenvalue weighted by Crippen LogP contribution is -2.28. The van der Waals surface area contributed by atoms with Crippen LogP contribution in [0, 0.1) is 0 Å². The Bertz CT molecular complexity index is 1060. The van der Waals surface area contributed by atoms with E-state index in [1.54, 1.807) is 19.4 Å². The van der Waals surface area contributed by atoms with Crippen LogP contribution in [0.15, 0.2) is 42.6 Å². The van der Waals surface area contributed by atoms with Gasteiger partial charge in [0.1, 0.15) is 5.75 Å². The Morgan fingerprint density at radius 3 is 2.75 bits per heavy atom. The van der Waals surface area contributed by atoms with E-state index in [2.05, 4.69) is 22.0 Å². The summed E-state index contributed by atoms with van der Waals surface area (Å²) in [5, 5.41) is 9.95. The first-order chi connectivity index (χ1) is 13.5. The molecule has 1 aromatic heterocycles. The van der Waals surface area contributed by atoms with Crippen LogP contribution in [0.25, 0.3) is 10.9 Å². The molecular formula is C21H20ClN3O3. The Kier molecular flexibility index (Phi) is 4.81. The van der Waals surface area contributed by atoms with Crippen LogP contribution in [-0.2, 0) is 9.53 Å². The number of rotatable bonds is 4. The van der Waals surface area contributed by atoms with Crippen LogP contribution < -0.4 is 9.64 Å². The lowest BCUT2D eigenvalue weighted by molar-refractivity contribution is -0.141. The van der Waals surface area contributed by atoms with Crippen LogP contribution in [0.3, 0.4) is 0 Å². The maximum Gasteiger partial charge on any atom is 0.306 e. The summed E-state index contributed by atoms with van der Waals surface area (Å²) in [4.78, 5) is 14.3. The minimum Gasteiger partial charge on any atom is -0.497 e. The van der Waals surface area contributed by atoms with Crippen molar-refractivity contribution in [1.82, 2.24) is 10.2 Å². The molecule has 0 N–H and O–H groups in total. The summed E-state index contributed by atoms with van der Waals surface area (Å²) < 4.78 is 10.3. The molecule has 4 rings (SSSR count). The van der Waals surface area contributed by atoms with Crippen molar-refractivity contribution in [2.24, 2.45) is 0 Å². The van der Waals surface area contributed by atoms with Gasteiger partial charge in [-0.15, -0.1) is 0 Å². The second kappa shape index (κ2) is 7.28. The monoisotopic (exact) mass is 397 g/mol. The normalized spacial score (nSPS) is 18.2. The van der Waals surface area contributed by atoms with Gasteiger partial charge in [-0.05, 0) is 48.9 Å². The maximum atomic E-state index is 12.1. The number of carbonyl (C=O) groups is 1. The molecule has 2 atom stereocenters. The second-order valence-electron chi connectivity index (χ2n) is 6.81. The molecule has 0 spiro atoms. The fourth-order valence-electron chi connectivity index (χ4n) is 3.94. The van der Waals surface area contributed by atoms with E-state index in [1.165, 1.54) is 7.11 Å². The van der Waals surface area contributed by atoms with Gasteiger partial charge in [0.05, 0.1) is 38.0 Å². The van der Waals surface area contributed by atoms with Crippen molar-refractivity contribution in [3.8, 4) is 5.75 Å². The SMILES string of the molecule is COC(=O)CC1c2cc(OC)ccc2N(c2cnnc3cc(Cl)ccc23)C1C. The highest BCUT2D eigenvalue weighted by molar-refractivity contribution is 6.31. The number of halogens is 1. The van der Waals surface area contributed by atoms with Gasteiger partial charge in [0.15, 0.2) is 0 Å². The quantitative estimate of drug-likeness (QED) is 0.605. The van der Waals surface area contributed by atoms with Crippen LogP contribution in [-0.4, -0.2) is 36.4 Å². The molecule has 0 saturated heterocycles. The van der Waals surface area contributed by atoms with Gasteiger partial charge in [-0.3, -0.25) is 4.79 Å². The fraction of sp³-hybridized carbons (Fsp3) is 0.286. The van der Waals surface area contributed by atoms with E-state index in [4.69, 9.17) is 21.1 Å². The highest BCUT2D eigenvalue weighted by Gasteiger charge is 2.39. The second-order valence-corrected chi connectivity index (χ2v) is 7.25. The predicted octanol–water partition coefficient (Wildman–Crippen LogP) is 4.48. The van der Waals surface area contributed by atoms with E-state index in [0.29, 0.717) is 5.02 Å². The predicted molar refractivity (Wildman–Crippen MR) is 109 cm³/mol. The molecular weight excluding hydrogens is 378 g/mol. The van der Waals surface area contributed by atoms with Crippen LogP contribution in [0.4, 0.5) is 11.4 Å². The lowest BCUT2D eigenvalue weighted by atomic mass is 9.92. The number of methoxy groups -OCH3 is 2. The van der Waals surface area contributed by atoms with Gasteiger partial charge in [0, 0.05) is 28.1 Å². The van der Waals surface area contributed by atoms with Crippen molar-refractivity contribution in [3.05, 3.63) is 53.2 Å². The average Bonchev–Trinajstić information content (AvgIpc) is 2.97. The molecule has 144 valence electrons. The summed E-state index contributed by atoms with van der Waals surface area (Å²) in [7, 11) is 3.05. The number of anilines is 2. The van der Waals surface area contributed by atoms with E-state index >= 15 is 0 Å². The van der Waals surface area contributed by atoms with Gasteiger partial charge < -0.3 is 14.4 Å². The van der Waals surface area contributed by atoms with Gasteiger partial charge in [-0.1, -0.05) is 11.6 Å². The van der Waals surface area contributed by atoms with Gasteiger partial charge in [0.2, 0.25) is 0 Å². The first kappa shape index (κ1) is 18.5. The molecule has 0 saturated carbocycles. The van der Waals surface area contributed by atoms with E-state index in [9.17, 15) is 4.79 Å². The van der Waals surface area contributed by atoms with E-state index in [-0.39, 0.29) is 24.3 Å². The first-order valence-electron chi connectivity index (χ1n) is 8.98. The third-order valence-electron chi connectivity index (χ3n) is 5.34. The molecule has 2 aromatic carbocycles. The highest BCUT2D eigenvalue weighted by Crippen LogP contribution is 2.49. The minimum absolute atomic E-state index is 0.0179. The molecule has 2 heterocycles. The van der Waals surface area contributed by atoms with Gasteiger partial charge in [-0.2, -0.15) is 10.2 Å². The summed E-state index contributed by atoms with van der Waals surface area (Å²) in [5.41, 5.74) is 3.72. The van der Waals surface area contributed by atoms with Gasteiger partial charge >= 0.3 is 5.97 Å². The zero-order valence-electron chi connectivity index (χ0n) is 15.8. The molecule has 2 unspecified atom stereocenters. The Morgan fingerprint density at radius 1 is 1.18 bits per heavy atom. The average molecular weight is 398 g/mol. The summed E-state index contributed by atoms with van der Waals surface area (Å²) in [6.07, 6.45) is 2.04. The van der Waals surface area contributed by atoms with Crippen LogP contribution >= 0.6 is 11.6 Å². The largest absolute Gasteiger partial charge is 0.497 e. The summed E-state index contributed by atoms with van der Waals surface area (Å²) in [6.45, 7) is 2.10. The van der Waals surface area contributed by atoms with Crippen molar-refractivity contribution < 1.29 is 14.3 Å². The number of fused-ring (bicyclic) bond motifs is 2. The Hall–Kier alpha value is -2.86. The molecule has 7 heteroatoms. The molecule has 28 heavy (non-hydrogen) atoms. The molecule has 0 fully saturated rings. The lowest BCUT2D eigenvalue weighted by Gasteiger charge is -2.28. The molecule has 0 amide bonds. The van der Waals surface area contributed by atoms with Crippen molar-refractivity contribution in [3.63, 3.8) is 0 Å². The number of nitrogens with zero attached hydrogens (tertiary/aromatic N) is 3. The highest BCUT2D eigenvalue weighted by atomic mass is 35.5. The molecule has 1 aliphatic heterocycles. The number of aromatic nitrogens is 2. The molecule has 1 aliphatic rings. The first-order valence-corrected chi connectivity index (χ1v) is 9.36. The zero-order valence-corrected chi connectivity index (χ0v) is 16.6. The van der Waals surface area contributed by atoms with Crippen LogP contribution in [0.2, 0.25) is 5.02 Å². The molecule has 0 bridgehead atoms. The van der Waals surface area contributed by atoms with E-state index in [1.807, 2.05) is 30.3 Å². The van der Waals surface area contributed by atoms with Crippen molar-refractivity contribution in [2.75, 3.05) is 19.1 Å². The summed E-state index contributed by atoms with van der Waals surface area (Å²) >= 11 is 6.12. The van der Waals surface area contributed by atoms with Crippen molar-refractivity contribution in [2.45, 2.75) is 25.3 Å². The minimum atomic E-state index is -0.239. The Balaban J connectivity index is 1.88.